The van der Waals surface area contributed by atoms with Crippen molar-refractivity contribution < 1.29 is 18.0 Å². The Hall–Kier alpha value is -2.87. The number of hydrogen-bond donors (Lipinski definition) is 2. The zero-order valence-electron chi connectivity index (χ0n) is 15.6. The molecule has 8 heteroatoms. The molecule has 1 aliphatic heterocycles. The van der Waals surface area contributed by atoms with Crippen LogP contribution in [0.4, 0.5) is 17.1 Å². The van der Waals surface area contributed by atoms with Crippen LogP contribution in [0.25, 0.3) is 0 Å². The summed E-state index contributed by atoms with van der Waals surface area (Å²) in [5.41, 5.74) is 3.91. The number of amides is 2. The van der Waals surface area contributed by atoms with Gasteiger partial charge in [-0.05, 0) is 60.9 Å². The van der Waals surface area contributed by atoms with E-state index < -0.39 is 10.0 Å². The standard InChI is InChI=1S/C19H21N3O4S/c1-11-7-16(8-12(2)19(11)20-13(3)23)27(25,26)21-15-5-6-17-14(9-15)10-18(24)22(17)4/h5-9,21H,10H2,1-4H3,(H,20,23). The van der Waals surface area contributed by atoms with Crippen LogP contribution < -0.4 is 14.9 Å². The molecule has 2 amide bonds. The zero-order chi connectivity index (χ0) is 19.9. The maximum Gasteiger partial charge on any atom is 0.261 e. The number of benzene rings is 2. The SMILES string of the molecule is CC(=O)Nc1c(C)cc(S(=O)(=O)Nc2ccc3c(c2)CC(=O)N3C)cc1C. The average Bonchev–Trinajstić information content (AvgIpc) is 2.84. The summed E-state index contributed by atoms with van der Waals surface area (Å²) in [7, 11) is -2.11. The second kappa shape index (κ2) is 6.70. The van der Waals surface area contributed by atoms with Crippen molar-refractivity contribution in [3.05, 3.63) is 47.0 Å². The fourth-order valence-corrected chi connectivity index (χ4v) is 4.42. The molecule has 0 saturated carbocycles. The summed E-state index contributed by atoms with van der Waals surface area (Å²) in [5, 5.41) is 2.72. The lowest BCUT2D eigenvalue weighted by molar-refractivity contribution is -0.117. The molecule has 0 spiro atoms. The number of rotatable bonds is 4. The van der Waals surface area contributed by atoms with Crippen molar-refractivity contribution >= 4 is 38.9 Å². The van der Waals surface area contributed by atoms with Crippen LogP contribution in [-0.2, 0) is 26.0 Å². The molecule has 3 rings (SSSR count). The molecule has 0 aromatic heterocycles. The van der Waals surface area contributed by atoms with E-state index >= 15 is 0 Å². The van der Waals surface area contributed by atoms with Gasteiger partial charge in [-0.1, -0.05) is 0 Å². The Labute approximate surface area is 158 Å². The lowest BCUT2D eigenvalue weighted by Crippen LogP contribution is -2.20. The highest BCUT2D eigenvalue weighted by Gasteiger charge is 2.25. The Morgan fingerprint density at radius 1 is 1.11 bits per heavy atom. The number of carbonyl (C=O) groups excluding carboxylic acids is 2. The molecule has 0 aliphatic carbocycles. The Kier molecular flexibility index (Phi) is 4.69. The van der Waals surface area contributed by atoms with Gasteiger partial charge in [0.25, 0.3) is 10.0 Å². The quantitative estimate of drug-likeness (QED) is 0.843. The van der Waals surface area contributed by atoms with E-state index in [0.717, 1.165) is 11.3 Å². The summed E-state index contributed by atoms with van der Waals surface area (Å²) < 4.78 is 28.1. The van der Waals surface area contributed by atoms with Gasteiger partial charge in [0.1, 0.15) is 0 Å². The molecule has 2 aromatic carbocycles. The van der Waals surface area contributed by atoms with Crippen LogP contribution in [0.5, 0.6) is 0 Å². The molecule has 0 fully saturated rings. The third kappa shape index (κ3) is 3.66. The van der Waals surface area contributed by atoms with Gasteiger partial charge >= 0.3 is 0 Å². The molecule has 2 N–H and O–H groups in total. The highest BCUT2D eigenvalue weighted by Crippen LogP contribution is 2.31. The molecular formula is C19H21N3O4S. The molecular weight excluding hydrogens is 366 g/mol. The van der Waals surface area contributed by atoms with Crippen LogP contribution in [0.3, 0.4) is 0 Å². The van der Waals surface area contributed by atoms with Gasteiger partial charge in [0.15, 0.2) is 0 Å². The van der Waals surface area contributed by atoms with E-state index in [1.165, 1.54) is 19.1 Å². The second-order valence-corrected chi connectivity index (χ2v) is 8.37. The van der Waals surface area contributed by atoms with E-state index in [4.69, 9.17) is 0 Å². The predicted octanol–water partition coefficient (Wildman–Crippen LogP) is 2.58. The second-order valence-electron chi connectivity index (χ2n) is 6.69. The number of hydrogen-bond acceptors (Lipinski definition) is 4. The molecule has 0 atom stereocenters. The van der Waals surface area contributed by atoms with Crippen LogP contribution in [0.1, 0.15) is 23.6 Å². The number of carbonyl (C=O) groups is 2. The summed E-state index contributed by atoms with van der Waals surface area (Å²) in [6.45, 7) is 4.89. The highest BCUT2D eigenvalue weighted by atomic mass is 32.2. The topological polar surface area (TPSA) is 95.6 Å². The first-order valence-electron chi connectivity index (χ1n) is 8.39. The first-order valence-corrected chi connectivity index (χ1v) is 9.88. The van der Waals surface area contributed by atoms with E-state index in [1.54, 1.807) is 44.0 Å². The van der Waals surface area contributed by atoms with Crippen molar-refractivity contribution in [1.82, 2.24) is 0 Å². The van der Waals surface area contributed by atoms with Gasteiger partial charge in [-0.25, -0.2) is 8.42 Å². The Bertz CT molecular complexity index is 1040. The predicted molar refractivity (Wildman–Crippen MR) is 105 cm³/mol. The summed E-state index contributed by atoms with van der Waals surface area (Å²) in [4.78, 5) is 24.8. The van der Waals surface area contributed by atoms with E-state index in [2.05, 4.69) is 10.0 Å². The minimum Gasteiger partial charge on any atom is -0.326 e. The largest absolute Gasteiger partial charge is 0.326 e. The van der Waals surface area contributed by atoms with Crippen LogP contribution in [-0.4, -0.2) is 27.3 Å². The van der Waals surface area contributed by atoms with Gasteiger partial charge in [0.2, 0.25) is 11.8 Å². The highest BCUT2D eigenvalue weighted by molar-refractivity contribution is 7.92. The van der Waals surface area contributed by atoms with Crippen molar-refractivity contribution in [2.45, 2.75) is 32.1 Å². The smallest absolute Gasteiger partial charge is 0.261 e. The fourth-order valence-electron chi connectivity index (χ4n) is 3.20. The summed E-state index contributed by atoms with van der Waals surface area (Å²) >= 11 is 0. The van der Waals surface area contributed by atoms with Crippen LogP contribution in [0.15, 0.2) is 35.2 Å². The Morgan fingerprint density at radius 2 is 1.74 bits per heavy atom. The molecule has 1 aliphatic rings. The monoisotopic (exact) mass is 387 g/mol. The van der Waals surface area contributed by atoms with Crippen molar-refractivity contribution in [2.24, 2.45) is 0 Å². The van der Waals surface area contributed by atoms with Crippen molar-refractivity contribution in [2.75, 3.05) is 22.0 Å². The maximum absolute atomic E-state index is 12.8. The molecule has 142 valence electrons. The summed E-state index contributed by atoms with van der Waals surface area (Å²) in [5.74, 6) is -0.239. The third-order valence-electron chi connectivity index (χ3n) is 4.53. The number of fused-ring (bicyclic) bond motifs is 1. The van der Waals surface area contributed by atoms with Crippen LogP contribution >= 0.6 is 0 Å². The number of aryl methyl sites for hydroxylation is 2. The number of sulfonamides is 1. The molecule has 27 heavy (non-hydrogen) atoms. The lowest BCUT2D eigenvalue weighted by atomic mass is 10.1. The number of nitrogens with one attached hydrogen (secondary N) is 2. The van der Waals surface area contributed by atoms with E-state index in [-0.39, 0.29) is 23.1 Å². The molecule has 0 bridgehead atoms. The molecule has 7 nitrogen and oxygen atoms in total. The Morgan fingerprint density at radius 3 is 2.33 bits per heavy atom. The molecule has 1 heterocycles. The van der Waals surface area contributed by atoms with Crippen molar-refractivity contribution in [1.29, 1.82) is 0 Å². The summed E-state index contributed by atoms with van der Waals surface area (Å²) in [6, 6.07) is 8.08. The fraction of sp³-hybridized carbons (Fsp3) is 0.263. The lowest BCUT2D eigenvalue weighted by Gasteiger charge is -2.15. The summed E-state index contributed by atoms with van der Waals surface area (Å²) in [6.07, 6.45) is 0.255. The molecule has 2 aromatic rings. The third-order valence-corrected chi connectivity index (χ3v) is 5.89. The van der Waals surface area contributed by atoms with Gasteiger partial charge in [-0.3, -0.25) is 14.3 Å². The van der Waals surface area contributed by atoms with E-state index in [1.807, 2.05) is 0 Å². The number of anilines is 3. The minimum atomic E-state index is -3.81. The van der Waals surface area contributed by atoms with Gasteiger partial charge in [0, 0.05) is 31.0 Å². The number of likely N-dealkylation sites (N-methyl/N-ethyl adjacent to an activating group) is 1. The minimum absolute atomic E-state index is 0.0233. The molecule has 0 unspecified atom stereocenters. The van der Waals surface area contributed by atoms with E-state index in [9.17, 15) is 18.0 Å². The zero-order valence-corrected chi connectivity index (χ0v) is 16.4. The molecule has 0 radical (unpaired) electrons. The van der Waals surface area contributed by atoms with Gasteiger partial charge in [0.05, 0.1) is 11.3 Å². The first-order chi connectivity index (χ1) is 12.6. The van der Waals surface area contributed by atoms with Gasteiger partial charge in [-0.15, -0.1) is 0 Å². The Balaban J connectivity index is 1.91. The van der Waals surface area contributed by atoms with Gasteiger partial charge < -0.3 is 10.2 Å². The van der Waals surface area contributed by atoms with Crippen molar-refractivity contribution in [3.8, 4) is 0 Å². The van der Waals surface area contributed by atoms with Gasteiger partial charge in [-0.2, -0.15) is 0 Å². The van der Waals surface area contributed by atoms with Crippen LogP contribution in [0.2, 0.25) is 0 Å². The van der Waals surface area contributed by atoms with Crippen molar-refractivity contribution in [3.63, 3.8) is 0 Å². The normalized spacial score (nSPS) is 13.5. The van der Waals surface area contributed by atoms with E-state index in [0.29, 0.717) is 22.5 Å². The van der Waals surface area contributed by atoms with Crippen LogP contribution in [0, 0.1) is 13.8 Å². The average molecular weight is 387 g/mol. The number of nitrogens with zero attached hydrogens (tertiary/aromatic N) is 1. The first kappa shape index (κ1) is 18.9. The molecule has 0 saturated heterocycles. The maximum atomic E-state index is 12.8.